The fourth-order valence-electron chi connectivity index (χ4n) is 2.91. The van der Waals surface area contributed by atoms with E-state index in [0.29, 0.717) is 6.61 Å². The van der Waals surface area contributed by atoms with Crippen molar-refractivity contribution in [3.63, 3.8) is 0 Å². The van der Waals surface area contributed by atoms with Gasteiger partial charge in [-0.2, -0.15) is 13.2 Å². The predicted molar refractivity (Wildman–Crippen MR) is 84.0 cm³/mol. The van der Waals surface area contributed by atoms with Gasteiger partial charge in [-0.1, -0.05) is 32.9 Å². The summed E-state index contributed by atoms with van der Waals surface area (Å²) in [6, 6.07) is 4.15. The van der Waals surface area contributed by atoms with Gasteiger partial charge in [0.1, 0.15) is 5.75 Å². The number of rotatable bonds is 5. The SMILES string of the molecule is CCc1cc2c(c(C(C)(C)CCC(C)(O)C(F)(F)F)c1)OCC2. The first-order valence-corrected chi connectivity index (χ1v) is 8.06. The third-order valence-electron chi connectivity index (χ3n) is 4.83. The van der Waals surface area contributed by atoms with E-state index in [1.165, 1.54) is 5.56 Å². The zero-order valence-corrected chi connectivity index (χ0v) is 14.2. The molecule has 2 nitrogen and oxygen atoms in total. The van der Waals surface area contributed by atoms with Gasteiger partial charge in [-0.05, 0) is 42.7 Å². The first-order valence-electron chi connectivity index (χ1n) is 8.06. The minimum Gasteiger partial charge on any atom is -0.493 e. The summed E-state index contributed by atoms with van der Waals surface area (Å²) < 4.78 is 44.4. The van der Waals surface area contributed by atoms with E-state index in [1.54, 1.807) is 0 Å². The highest BCUT2D eigenvalue weighted by molar-refractivity contribution is 5.50. The van der Waals surface area contributed by atoms with Crippen molar-refractivity contribution in [2.24, 2.45) is 0 Å². The molecule has 1 heterocycles. The molecule has 0 saturated heterocycles. The van der Waals surface area contributed by atoms with Crippen LogP contribution in [0.4, 0.5) is 13.2 Å². The van der Waals surface area contributed by atoms with E-state index < -0.39 is 17.2 Å². The lowest BCUT2D eigenvalue weighted by Crippen LogP contribution is -2.43. The third kappa shape index (κ3) is 3.65. The van der Waals surface area contributed by atoms with E-state index in [9.17, 15) is 18.3 Å². The molecule has 1 aromatic carbocycles. The van der Waals surface area contributed by atoms with Crippen LogP contribution in [0.25, 0.3) is 0 Å². The van der Waals surface area contributed by atoms with Gasteiger partial charge in [0.25, 0.3) is 0 Å². The second kappa shape index (κ2) is 6.00. The molecule has 0 amide bonds. The summed E-state index contributed by atoms with van der Waals surface area (Å²) in [5.41, 5.74) is 0.0724. The summed E-state index contributed by atoms with van der Waals surface area (Å²) >= 11 is 0. The van der Waals surface area contributed by atoms with Gasteiger partial charge in [-0.25, -0.2) is 0 Å². The molecule has 130 valence electrons. The lowest BCUT2D eigenvalue weighted by Gasteiger charge is -2.33. The number of hydrogen-bond acceptors (Lipinski definition) is 2. The second-order valence-corrected chi connectivity index (χ2v) is 7.24. The summed E-state index contributed by atoms with van der Waals surface area (Å²) in [6.45, 7) is 7.34. The average Bonchev–Trinajstić information content (AvgIpc) is 2.91. The van der Waals surface area contributed by atoms with Gasteiger partial charge >= 0.3 is 6.18 Å². The maximum absolute atomic E-state index is 12.9. The Morgan fingerprint density at radius 3 is 2.35 bits per heavy atom. The first-order chi connectivity index (χ1) is 10.5. The van der Waals surface area contributed by atoms with Crippen molar-refractivity contribution in [3.8, 4) is 5.75 Å². The van der Waals surface area contributed by atoms with Crippen LogP contribution in [0, 0.1) is 0 Å². The highest BCUT2D eigenvalue weighted by atomic mass is 19.4. The number of aliphatic hydroxyl groups is 1. The molecule has 1 aliphatic rings. The van der Waals surface area contributed by atoms with Gasteiger partial charge in [0.05, 0.1) is 6.61 Å². The Morgan fingerprint density at radius 2 is 1.78 bits per heavy atom. The smallest absolute Gasteiger partial charge is 0.416 e. The standard InChI is InChI=1S/C18H25F3O2/c1-5-12-10-13-6-9-23-15(13)14(11-12)16(2,3)7-8-17(4,22)18(19,20)21/h10-11,22H,5-9H2,1-4H3. The van der Waals surface area contributed by atoms with Gasteiger partial charge in [-0.15, -0.1) is 0 Å². The molecule has 0 radical (unpaired) electrons. The van der Waals surface area contributed by atoms with Crippen molar-refractivity contribution in [3.05, 3.63) is 28.8 Å². The molecule has 1 aromatic rings. The lowest BCUT2D eigenvalue weighted by molar-refractivity contribution is -0.256. The molecule has 0 aromatic heterocycles. The van der Waals surface area contributed by atoms with Gasteiger partial charge < -0.3 is 9.84 Å². The average molecular weight is 330 g/mol. The molecule has 0 bridgehead atoms. The Kier molecular flexibility index (Phi) is 4.73. The van der Waals surface area contributed by atoms with Gasteiger partial charge in [0.2, 0.25) is 0 Å². The van der Waals surface area contributed by atoms with E-state index >= 15 is 0 Å². The number of halogens is 3. The maximum Gasteiger partial charge on any atom is 0.416 e. The molecule has 0 aliphatic carbocycles. The van der Waals surface area contributed by atoms with Crippen molar-refractivity contribution >= 4 is 0 Å². The number of fused-ring (bicyclic) bond motifs is 1. The zero-order valence-electron chi connectivity index (χ0n) is 14.2. The van der Waals surface area contributed by atoms with E-state index in [-0.39, 0.29) is 12.8 Å². The largest absolute Gasteiger partial charge is 0.493 e. The fourth-order valence-corrected chi connectivity index (χ4v) is 2.91. The van der Waals surface area contributed by atoms with Crippen LogP contribution in [0.1, 0.15) is 57.2 Å². The molecule has 0 saturated carbocycles. The predicted octanol–water partition coefficient (Wildman–Crippen LogP) is 4.56. The molecular formula is C18H25F3O2. The molecule has 1 atom stereocenters. The van der Waals surface area contributed by atoms with Crippen molar-refractivity contribution in [1.29, 1.82) is 0 Å². The normalized spacial score (nSPS) is 17.6. The number of ether oxygens (including phenoxy) is 1. The molecule has 0 fully saturated rings. The fraction of sp³-hybridized carbons (Fsp3) is 0.667. The maximum atomic E-state index is 12.9. The minimum absolute atomic E-state index is 0.225. The van der Waals surface area contributed by atoms with Gasteiger partial charge in [0.15, 0.2) is 5.60 Å². The molecule has 1 N–H and O–H groups in total. The quantitative estimate of drug-likeness (QED) is 0.858. The highest BCUT2D eigenvalue weighted by Gasteiger charge is 2.50. The lowest BCUT2D eigenvalue weighted by atomic mass is 9.76. The van der Waals surface area contributed by atoms with Crippen LogP contribution in [-0.2, 0) is 18.3 Å². The highest BCUT2D eigenvalue weighted by Crippen LogP contribution is 2.43. The summed E-state index contributed by atoms with van der Waals surface area (Å²) in [6.07, 6.45) is -3.02. The van der Waals surface area contributed by atoms with E-state index in [0.717, 1.165) is 36.6 Å². The summed E-state index contributed by atoms with van der Waals surface area (Å²) in [5, 5.41) is 9.70. The monoisotopic (exact) mass is 330 g/mol. The molecule has 1 unspecified atom stereocenters. The van der Waals surface area contributed by atoms with Crippen molar-refractivity contribution in [2.75, 3.05) is 6.61 Å². The number of alkyl halides is 3. The van der Waals surface area contributed by atoms with E-state index in [2.05, 4.69) is 13.0 Å². The first kappa shape index (κ1) is 18.1. The number of benzene rings is 1. The minimum atomic E-state index is -4.62. The van der Waals surface area contributed by atoms with Crippen molar-refractivity contribution in [2.45, 2.75) is 70.6 Å². The topological polar surface area (TPSA) is 29.5 Å². The molecule has 23 heavy (non-hydrogen) atoms. The van der Waals surface area contributed by atoms with Crippen molar-refractivity contribution in [1.82, 2.24) is 0 Å². The Balaban J connectivity index is 2.28. The molecule has 5 heteroatoms. The van der Waals surface area contributed by atoms with Crippen LogP contribution in [0.5, 0.6) is 5.75 Å². The van der Waals surface area contributed by atoms with Crippen LogP contribution in [0.2, 0.25) is 0 Å². The second-order valence-electron chi connectivity index (χ2n) is 7.24. The summed E-state index contributed by atoms with van der Waals surface area (Å²) in [7, 11) is 0. The van der Waals surface area contributed by atoms with E-state index in [1.807, 2.05) is 19.9 Å². The molecule has 0 spiro atoms. The zero-order chi connectivity index (χ0) is 17.5. The number of hydrogen-bond donors (Lipinski definition) is 1. The van der Waals surface area contributed by atoms with E-state index in [4.69, 9.17) is 4.74 Å². The van der Waals surface area contributed by atoms with Gasteiger partial charge in [-0.3, -0.25) is 0 Å². The van der Waals surface area contributed by atoms with Gasteiger partial charge in [0, 0.05) is 12.0 Å². The van der Waals surface area contributed by atoms with Crippen LogP contribution in [-0.4, -0.2) is 23.5 Å². The Hall–Kier alpha value is -1.23. The summed E-state index contributed by atoms with van der Waals surface area (Å²) in [5.74, 6) is 0.818. The third-order valence-corrected chi connectivity index (χ3v) is 4.83. The van der Waals surface area contributed by atoms with Crippen LogP contribution in [0.3, 0.4) is 0 Å². The van der Waals surface area contributed by atoms with Crippen LogP contribution >= 0.6 is 0 Å². The van der Waals surface area contributed by atoms with Crippen molar-refractivity contribution < 1.29 is 23.0 Å². The summed E-state index contributed by atoms with van der Waals surface area (Å²) in [4.78, 5) is 0. The molecule has 1 aliphatic heterocycles. The molecule has 2 rings (SSSR count). The number of aryl methyl sites for hydroxylation is 1. The van der Waals surface area contributed by atoms with Crippen LogP contribution < -0.4 is 4.74 Å². The van der Waals surface area contributed by atoms with Crippen LogP contribution in [0.15, 0.2) is 12.1 Å². The molecular weight excluding hydrogens is 305 g/mol. The Labute approximate surface area is 135 Å². The Bertz CT molecular complexity index is 574. The Morgan fingerprint density at radius 1 is 1.13 bits per heavy atom.